The fraction of sp³-hybridized carbons (Fsp3) is 0.333. The maximum Gasteiger partial charge on any atom is 0.0264 e. The van der Waals surface area contributed by atoms with Crippen molar-refractivity contribution in [2.24, 2.45) is 11.8 Å². The lowest BCUT2D eigenvalue weighted by Crippen LogP contribution is -2.41. The lowest BCUT2D eigenvalue weighted by atomic mass is 9.55. The predicted octanol–water partition coefficient (Wildman–Crippen LogP) is 4.99. The molecule has 0 aromatic heterocycles. The van der Waals surface area contributed by atoms with E-state index in [0.717, 1.165) is 0 Å². The molecule has 0 saturated heterocycles. The lowest BCUT2D eigenvalue weighted by molar-refractivity contribution is 0.278. The van der Waals surface area contributed by atoms with E-state index in [9.17, 15) is 0 Å². The molecule has 2 aromatic carbocycles. The van der Waals surface area contributed by atoms with Crippen molar-refractivity contribution in [3.63, 3.8) is 0 Å². The molecule has 0 N–H and O–H groups in total. The van der Waals surface area contributed by atoms with Crippen molar-refractivity contribution >= 4 is 23.2 Å². The summed E-state index contributed by atoms with van der Waals surface area (Å²) >= 11 is 12.6. The van der Waals surface area contributed by atoms with Gasteiger partial charge >= 0.3 is 0 Å². The molecule has 0 heterocycles. The number of halogens is 2. The minimum Gasteiger partial charge on any atom is -0.126 e. The number of fused-ring (bicyclic) bond motifs is 1. The molecule has 0 spiro atoms. The highest BCUT2D eigenvalue weighted by Crippen LogP contribution is 2.58. The smallest absolute Gasteiger partial charge is 0.0264 e. The first-order valence-corrected chi connectivity index (χ1v) is 8.23. The van der Waals surface area contributed by atoms with E-state index in [4.69, 9.17) is 23.2 Å². The molecule has 3 aliphatic rings. The molecule has 0 radical (unpaired) electrons. The SMILES string of the molecule is ClCC1C2c3ccccc3C(c3ccccc32)C1CCl. The Bertz CT molecular complexity index is 546. The van der Waals surface area contributed by atoms with Crippen LogP contribution < -0.4 is 0 Å². The quantitative estimate of drug-likeness (QED) is 0.686. The second kappa shape index (κ2) is 4.79. The van der Waals surface area contributed by atoms with E-state index < -0.39 is 0 Å². The molecule has 0 saturated carbocycles. The summed E-state index contributed by atoms with van der Waals surface area (Å²) in [6.45, 7) is 0. The van der Waals surface area contributed by atoms with Gasteiger partial charge in [-0.1, -0.05) is 48.5 Å². The minimum atomic E-state index is 0.411. The predicted molar refractivity (Wildman–Crippen MR) is 85.0 cm³/mol. The standard InChI is InChI=1S/C18H16Cl2/c19-9-15-16(10-20)18-12-6-2-1-5-11(12)17(15)13-7-3-4-8-14(13)18/h1-8,15-18H,9-10H2. The largest absolute Gasteiger partial charge is 0.126 e. The normalized spacial score (nSPS) is 29.9. The van der Waals surface area contributed by atoms with Gasteiger partial charge < -0.3 is 0 Å². The van der Waals surface area contributed by atoms with Gasteiger partial charge in [-0.25, -0.2) is 0 Å². The fourth-order valence-electron chi connectivity index (χ4n) is 4.31. The van der Waals surface area contributed by atoms with Crippen LogP contribution in [0.3, 0.4) is 0 Å². The summed E-state index contributed by atoms with van der Waals surface area (Å²) in [5.41, 5.74) is 5.85. The average molecular weight is 303 g/mol. The first-order valence-electron chi connectivity index (χ1n) is 7.16. The maximum absolute atomic E-state index is 6.32. The van der Waals surface area contributed by atoms with Crippen LogP contribution in [0.15, 0.2) is 48.5 Å². The van der Waals surface area contributed by atoms with Gasteiger partial charge in [0.1, 0.15) is 0 Å². The molecule has 2 aromatic rings. The monoisotopic (exact) mass is 302 g/mol. The second-order valence-electron chi connectivity index (χ2n) is 5.85. The zero-order valence-corrected chi connectivity index (χ0v) is 12.6. The number of hydrogen-bond acceptors (Lipinski definition) is 0. The zero-order chi connectivity index (χ0) is 13.7. The molecule has 0 amide bonds. The third-order valence-electron chi connectivity index (χ3n) is 5.09. The van der Waals surface area contributed by atoms with Crippen molar-refractivity contribution in [1.29, 1.82) is 0 Å². The van der Waals surface area contributed by atoms with Crippen molar-refractivity contribution in [2.45, 2.75) is 11.8 Å². The summed E-state index contributed by atoms with van der Waals surface area (Å²) in [7, 11) is 0. The van der Waals surface area contributed by atoms with E-state index in [-0.39, 0.29) is 0 Å². The van der Waals surface area contributed by atoms with Crippen LogP contribution in [0.2, 0.25) is 0 Å². The highest BCUT2D eigenvalue weighted by atomic mass is 35.5. The van der Waals surface area contributed by atoms with Gasteiger partial charge in [0.05, 0.1) is 0 Å². The molecule has 2 bridgehead atoms. The molecule has 3 aliphatic carbocycles. The topological polar surface area (TPSA) is 0 Å². The first-order chi connectivity index (χ1) is 9.86. The first kappa shape index (κ1) is 12.7. The van der Waals surface area contributed by atoms with Crippen LogP contribution in [-0.4, -0.2) is 11.8 Å². The summed E-state index contributed by atoms with van der Waals surface area (Å²) in [4.78, 5) is 0. The zero-order valence-electron chi connectivity index (χ0n) is 11.1. The van der Waals surface area contributed by atoms with E-state index in [0.29, 0.717) is 35.4 Å². The molecule has 0 nitrogen and oxygen atoms in total. The van der Waals surface area contributed by atoms with Crippen LogP contribution >= 0.6 is 23.2 Å². The summed E-state index contributed by atoms with van der Waals surface area (Å²) < 4.78 is 0. The Hall–Kier alpha value is -0.980. The summed E-state index contributed by atoms with van der Waals surface area (Å²) in [6.07, 6.45) is 0. The van der Waals surface area contributed by atoms with Crippen molar-refractivity contribution in [3.05, 3.63) is 70.8 Å². The Kier molecular flexibility index (Phi) is 3.05. The van der Waals surface area contributed by atoms with Gasteiger partial charge in [0, 0.05) is 23.6 Å². The molecular weight excluding hydrogens is 287 g/mol. The fourth-order valence-corrected chi connectivity index (χ4v) is 5.13. The third kappa shape index (κ3) is 1.55. The highest BCUT2D eigenvalue weighted by Gasteiger charge is 2.48. The van der Waals surface area contributed by atoms with Gasteiger partial charge in [-0.3, -0.25) is 0 Å². The molecule has 5 rings (SSSR count). The van der Waals surface area contributed by atoms with E-state index in [1.165, 1.54) is 22.3 Å². The second-order valence-corrected chi connectivity index (χ2v) is 6.47. The molecule has 0 aliphatic heterocycles. The van der Waals surface area contributed by atoms with Crippen LogP contribution in [-0.2, 0) is 0 Å². The number of hydrogen-bond donors (Lipinski definition) is 0. The Labute approximate surface area is 129 Å². The van der Waals surface area contributed by atoms with Gasteiger partial charge in [-0.15, -0.1) is 23.2 Å². The minimum absolute atomic E-state index is 0.411. The highest BCUT2D eigenvalue weighted by molar-refractivity contribution is 6.19. The van der Waals surface area contributed by atoms with Crippen molar-refractivity contribution in [2.75, 3.05) is 11.8 Å². The van der Waals surface area contributed by atoms with Crippen molar-refractivity contribution in [3.8, 4) is 0 Å². The van der Waals surface area contributed by atoms with Gasteiger partial charge in [0.15, 0.2) is 0 Å². The van der Waals surface area contributed by atoms with Gasteiger partial charge in [-0.2, -0.15) is 0 Å². The summed E-state index contributed by atoms with van der Waals surface area (Å²) in [5.74, 6) is 3.08. The maximum atomic E-state index is 6.32. The Balaban J connectivity index is 2.01. The van der Waals surface area contributed by atoms with Crippen LogP contribution in [0, 0.1) is 11.8 Å². The van der Waals surface area contributed by atoms with Gasteiger partial charge in [-0.05, 0) is 34.1 Å². The Morgan fingerprint density at radius 3 is 1.15 bits per heavy atom. The van der Waals surface area contributed by atoms with Gasteiger partial charge in [0.2, 0.25) is 0 Å². The summed E-state index contributed by atoms with van der Waals surface area (Å²) in [5, 5.41) is 0. The molecular formula is C18H16Cl2. The van der Waals surface area contributed by atoms with E-state index in [1.807, 2.05) is 0 Å². The van der Waals surface area contributed by atoms with Crippen molar-refractivity contribution < 1.29 is 0 Å². The molecule has 2 atom stereocenters. The Morgan fingerprint density at radius 2 is 0.900 bits per heavy atom. The van der Waals surface area contributed by atoms with Gasteiger partial charge in [0.25, 0.3) is 0 Å². The summed E-state index contributed by atoms with van der Waals surface area (Å²) in [6, 6.07) is 17.7. The number of rotatable bonds is 2. The van der Waals surface area contributed by atoms with Crippen LogP contribution in [0.4, 0.5) is 0 Å². The van der Waals surface area contributed by atoms with Crippen LogP contribution in [0.25, 0.3) is 0 Å². The molecule has 102 valence electrons. The van der Waals surface area contributed by atoms with Crippen LogP contribution in [0.5, 0.6) is 0 Å². The Morgan fingerprint density at radius 1 is 0.600 bits per heavy atom. The van der Waals surface area contributed by atoms with Crippen molar-refractivity contribution in [1.82, 2.24) is 0 Å². The van der Waals surface area contributed by atoms with Crippen LogP contribution in [0.1, 0.15) is 34.1 Å². The number of alkyl halides is 2. The van der Waals surface area contributed by atoms with E-state index >= 15 is 0 Å². The molecule has 20 heavy (non-hydrogen) atoms. The van der Waals surface area contributed by atoms with E-state index in [1.54, 1.807) is 0 Å². The lowest BCUT2D eigenvalue weighted by Gasteiger charge is -2.50. The molecule has 2 unspecified atom stereocenters. The van der Waals surface area contributed by atoms with E-state index in [2.05, 4.69) is 48.5 Å². The third-order valence-corrected chi connectivity index (χ3v) is 5.81. The number of benzene rings is 2. The molecule has 0 fully saturated rings. The molecule has 2 heteroatoms. The average Bonchev–Trinajstić information content (AvgIpc) is 2.53.